The van der Waals surface area contributed by atoms with Crippen molar-refractivity contribution in [2.45, 2.75) is 10.5 Å². The maximum absolute atomic E-state index is 13.0. The third kappa shape index (κ3) is 2.40. The predicted molar refractivity (Wildman–Crippen MR) is 98.0 cm³/mol. The van der Waals surface area contributed by atoms with Gasteiger partial charge >= 0.3 is 5.97 Å². The molecule has 1 atom stereocenters. The van der Waals surface area contributed by atoms with Gasteiger partial charge in [0.1, 0.15) is 0 Å². The van der Waals surface area contributed by atoms with Crippen molar-refractivity contribution >= 4 is 17.0 Å². The topological polar surface area (TPSA) is 52.6 Å². The van der Waals surface area contributed by atoms with E-state index < -0.39 is 22.7 Å². The number of fused-ring (bicyclic) bond motifs is 1. The monoisotopic (exact) mass is 364 g/mol. The molecule has 4 rings (SSSR count). The average Bonchev–Trinajstić information content (AvgIpc) is 3.02. The molecule has 0 spiro atoms. The van der Waals surface area contributed by atoms with E-state index in [0.717, 1.165) is 11.1 Å². The first-order valence-electron chi connectivity index (χ1n) is 8.12. The van der Waals surface area contributed by atoms with Crippen LogP contribution in [0.3, 0.4) is 0 Å². The Morgan fingerprint density at radius 1 is 0.885 bits per heavy atom. The smallest absolute Gasteiger partial charge is 0.339 e. The lowest BCUT2D eigenvalue weighted by Gasteiger charge is -2.29. The highest BCUT2D eigenvalue weighted by atomic mass is 32.2. The molecular formula is C21H16O4S. The fourth-order valence-corrected chi connectivity index (χ4v) is 4.70. The quantitative estimate of drug-likeness (QED) is 0.663. The Morgan fingerprint density at radius 3 is 2.00 bits per heavy atom. The lowest BCUT2D eigenvalue weighted by atomic mass is 9.80. The predicted octanol–water partition coefficient (Wildman–Crippen LogP) is 3.82. The molecule has 0 aromatic heterocycles. The molecule has 0 unspecified atom stereocenters. The minimum absolute atomic E-state index is 0.261. The van der Waals surface area contributed by atoms with Crippen LogP contribution >= 0.6 is 0 Å². The van der Waals surface area contributed by atoms with E-state index in [1.54, 1.807) is 12.1 Å². The van der Waals surface area contributed by atoms with E-state index in [2.05, 4.69) is 0 Å². The summed E-state index contributed by atoms with van der Waals surface area (Å²) in [4.78, 5) is 12.6. The first kappa shape index (κ1) is 16.7. The molecular weight excluding hydrogens is 348 g/mol. The summed E-state index contributed by atoms with van der Waals surface area (Å²) in [5.74, 6) is -0.532. The van der Waals surface area contributed by atoms with E-state index in [1.165, 1.54) is 7.11 Å². The Balaban J connectivity index is 2.06. The van der Waals surface area contributed by atoms with Gasteiger partial charge in [-0.2, -0.15) is 0 Å². The van der Waals surface area contributed by atoms with Crippen molar-refractivity contribution in [2.24, 2.45) is 0 Å². The molecule has 0 N–H and O–H groups in total. The van der Waals surface area contributed by atoms with Crippen LogP contribution in [0.1, 0.15) is 27.0 Å². The van der Waals surface area contributed by atoms with Crippen molar-refractivity contribution in [3.8, 4) is 0 Å². The summed E-state index contributed by atoms with van der Waals surface area (Å²) in [7, 11) is 1.31. The number of rotatable bonds is 3. The maximum Gasteiger partial charge on any atom is 0.339 e. The van der Waals surface area contributed by atoms with Gasteiger partial charge in [-0.05, 0) is 17.2 Å². The molecule has 0 bridgehead atoms. The third-order valence-corrected chi connectivity index (χ3v) is 5.70. The van der Waals surface area contributed by atoms with Gasteiger partial charge in [-0.1, -0.05) is 72.8 Å². The number of esters is 1. The van der Waals surface area contributed by atoms with Gasteiger partial charge in [-0.15, -0.1) is 0 Å². The molecule has 3 aromatic carbocycles. The summed E-state index contributed by atoms with van der Waals surface area (Å²) in [5.41, 5.74) is 1.60. The SMILES string of the molecule is COC(=O)c1cccc2c1[S@](=O)OC2(c1ccccc1)c1ccccc1. The van der Waals surface area contributed by atoms with Gasteiger partial charge in [0.2, 0.25) is 0 Å². The lowest BCUT2D eigenvalue weighted by molar-refractivity contribution is 0.0596. The normalized spacial score (nSPS) is 17.5. The van der Waals surface area contributed by atoms with Crippen molar-refractivity contribution in [2.75, 3.05) is 7.11 Å². The van der Waals surface area contributed by atoms with Gasteiger partial charge in [0, 0.05) is 5.56 Å². The van der Waals surface area contributed by atoms with Crippen LogP contribution in [0.4, 0.5) is 0 Å². The first-order valence-corrected chi connectivity index (χ1v) is 9.20. The minimum Gasteiger partial charge on any atom is -0.465 e. The Bertz CT molecular complexity index is 944. The molecule has 0 aliphatic carbocycles. The van der Waals surface area contributed by atoms with Crippen LogP contribution in [0.25, 0.3) is 0 Å². The number of hydrogen-bond donors (Lipinski definition) is 0. The highest BCUT2D eigenvalue weighted by molar-refractivity contribution is 7.80. The van der Waals surface area contributed by atoms with Gasteiger partial charge in [0.25, 0.3) is 0 Å². The van der Waals surface area contributed by atoms with Gasteiger partial charge in [0.05, 0.1) is 17.6 Å². The minimum atomic E-state index is -1.80. The molecule has 5 heteroatoms. The Morgan fingerprint density at radius 2 is 1.46 bits per heavy atom. The summed E-state index contributed by atoms with van der Waals surface area (Å²) in [6, 6.07) is 24.4. The molecule has 3 aromatic rings. The molecule has 0 fully saturated rings. The van der Waals surface area contributed by atoms with Crippen LogP contribution in [0.2, 0.25) is 0 Å². The van der Waals surface area contributed by atoms with Crippen molar-refractivity contribution in [3.05, 3.63) is 101 Å². The summed E-state index contributed by atoms with van der Waals surface area (Å²) in [6.07, 6.45) is 0. The van der Waals surface area contributed by atoms with Crippen LogP contribution in [-0.4, -0.2) is 17.3 Å². The molecule has 1 aliphatic rings. The van der Waals surface area contributed by atoms with E-state index >= 15 is 0 Å². The summed E-state index contributed by atoms with van der Waals surface area (Å²) >= 11 is -1.80. The molecule has 26 heavy (non-hydrogen) atoms. The van der Waals surface area contributed by atoms with Crippen molar-refractivity contribution < 1.29 is 17.9 Å². The Kier molecular flexibility index (Phi) is 4.18. The standard InChI is InChI=1S/C21H16O4S/c1-24-20(22)17-13-8-14-18-19(17)26(23)25-21(18,15-9-4-2-5-10-15)16-11-6-3-7-12-16/h2-14H,1H3/t26-/m1/s1. The Labute approximate surface area is 154 Å². The van der Waals surface area contributed by atoms with Crippen LogP contribution < -0.4 is 0 Å². The molecule has 1 heterocycles. The van der Waals surface area contributed by atoms with Crippen LogP contribution in [0.5, 0.6) is 0 Å². The third-order valence-electron chi connectivity index (χ3n) is 4.53. The highest BCUT2D eigenvalue weighted by Gasteiger charge is 2.49. The molecule has 0 radical (unpaired) electrons. The fraction of sp³-hybridized carbons (Fsp3) is 0.0952. The average molecular weight is 364 g/mol. The molecule has 130 valence electrons. The van der Waals surface area contributed by atoms with E-state index in [-0.39, 0.29) is 5.56 Å². The van der Waals surface area contributed by atoms with Gasteiger partial charge in [0.15, 0.2) is 16.7 Å². The zero-order valence-corrected chi connectivity index (χ0v) is 14.9. The van der Waals surface area contributed by atoms with Crippen molar-refractivity contribution in [1.82, 2.24) is 0 Å². The molecule has 4 nitrogen and oxygen atoms in total. The number of methoxy groups -OCH3 is 1. The number of benzene rings is 3. The number of hydrogen-bond acceptors (Lipinski definition) is 4. The highest BCUT2D eigenvalue weighted by Crippen LogP contribution is 2.49. The zero-order chi connectivity index (χ0) is 18.1. The Hall–Kier alpha value is -2.76. The largest absolute Gasteiger partial charge is 0.465 e. The summed E-state index contributed by atoms with van der Waals surface area (Å²) < 4.78 is 23.9. The van der Waals surface area contributed by atoms with E-state index in [4.69, 9.17) is 8.92 Å². The van der Waals surface area contributed by atoms with E-state index in [0.29, 0.717) is 10.5 Å². The number of ether oxygens (including phenoxy) is 1. The molecule has 1 aliphatic heterocycles. The first-order chi connectivity index (χ1) is 12.7. The maximum atomic E-state index is 13.0. The summed E-state index contributed by atoms with van der Waals surface area (Å²) in [6.45, 7) is 0. The lowest BCUT2D eigenvalue weighted by Crippen LogP contribution is -2.28. The van der Waals surface area contributed by atoms with E-state index in [9.17, 15) is 9.00 Å². The van der Waals surface area contributed by atoms with E-state index in [1.807, 2.05) is 66.7 Å². The van der Waals surface area contributed by atoms with Crippen molar-refractivity contribution in [3.63, 3.8) is 0 Å². The molecule has 0 amide bonds. The number of carbonyl (C=O) groups is 1. The fourth-order valence-electron chi connectivity index (χ4n) is 3.38. The van der Waals surface area contributed by atoms with Crippen LogP contribution in [0.15, 0.2) is 83.8 Å². The second-order valence-electron chi connectivity index (χ2n) is 5.91. The second-order valence-corrected chi connectivity index (χ2v) is 6.95. The second kappa shape index (κ2) is 6.52. The van der Waals surface area contributed by atoms with Crippen LogP contribution in [-0.2, 0) is 25.6 Å². The van der Waals surface area contributed by atoms with Gasteiger partial charge in [-0.3, -0.25) is 4.18 Å². The zero-order valence-electron chi connectivity index (χ0n) is 14.0. The molecule has 0 saturated carbocycles. The van der Waals surface area contributed by atoms with Gasteiger partial charge in [-0.25, -0.2) is 9.00 Å². The number of carbonyl (C=O) groups excluding carboxylic acids is 1. The molecule has 0 saturated heterocycles. The van der Waals surface area contributed by atoms with Crippen LogP contribution in [0, 0.1) is 0 Å². The summed E-state index contributed by atoms with van der Waals surface area (Å²) in [5, 5.41) is 0. The van der Waals surface area contributed by atoms with Gasteiger partial charge < -0.3 is 4.74 Å². The van der Waals surface area contributed by atoms with Crippen molar-refractivity contribution in [1.29, 1.82) is 0 Å².